The number of benzene rings is 2. The molecular weight excluding hydrogens is 313 g/mol. The number of hydrogen-bond donors (Lipinski definition) is 1. The Hall–Kier alpha value is -2.61. The van der Waals surface area contributed by atoms with Gasteiger partial charge in [-0.15, -0.1) is 0 Å². The summed E-state index contributed by atoms with van der Waals surface area (Å²) in [5.41, 5.74) is -0.254. The van der Waals surface area contributed by atoms with Gasteiger partial charge in [0, 0.05) is 5.69 Å². The first-order valence-electron chi connectivity index (χ1n) is 6.01. The second kappa shape index (κ2) is 6.02. The topological polar surface area (TPSA) is 95.5 Å². The summed E-state index contributed by atoms with van der Waals surface area (Å²) in [5, 5.41) is 10.8. The van der Waals surface area contributed by atoms with E-state index in [-0.39, 0.29) is 5.69 Å². The van der Waals surface area contributed by atoms with Gasteiger partial charge in [0.2, 0.25) is 0 Å². The number of halogens is 1. The molecule has 0 aliphatic heterocycles. The number of carbonyl (C=O) groups excluding carboxylic acids is 1. The first kappa shape index (κ1) is 15.8. The highest BCUT2D eigenvalue weighted by Gasteiger charge is 2.20. The van der Waals surface area contributed by atoms with Gasteiger partial charge in [-0.3, -0.25) is 4.72 Å². The zero-order valence-electron chi connectivity index (χ0n) is 11.4. The SMILES string of the molecule is COc1ccc(NS(=O)(=O)c2cc(C(=O)[O-])ccc2F)cc1. The number of carboxylic acids is 1. The summed E-state index contributed by atoms with van der Waals surface area (Å²) in [4.78, 5) is 9.98. The molecule has 0 saturated carbocycles. The minimum Gasteiger partial charge on any atom is -0.545 e. The van der Waals surface area contributed by atoms with Crippen LogP contribution in [0, 0.1) is 5.82 Å². The van der Waals surface area contributed by atoms with Crippen molar-refractivity contribution in [1.29, 1.82) is 0 Å². The minimum absolute atomic E-state index is 0.180. The van der Waals surface area contributed by atoms with Crippen molar-refractivity contribution < 1.29 is 27.4 Å². The standard InChI is InChI=1S/C14H12FNO5S/c1-21-11-5-3-10(4-6-11)16-22(19,20)13-8-9(14(17)18)2-7-12(13)15/h2-8,16H,1H3,(H,17,18)/p-1. The number of sulfonamides is 1. The normalized spacial score (nSPS) is 11.0. The Labute approximate surface area is 126 Å². The molecule has 2 aromatic rings. The van der Waals surface area contributed by atoms with Crippen molar-refractivity contribution in [3.8, 4) is 5.75 Å². The van der Waals surface area contributed by atoms with Crippen LogP contribution in [-0.2, 0) is 10.0 Å². The average Bonchev–Trinajstić information content (AvgIpc) is 2.47. The Kier molecular flexibility index (Phi) is 4.32. The molecule has 0 bridgehead atoms. The maximum Gasteiger partial charge on any atom is 0.264 e. The molecule has 2 aromatic carbocycles. The van der Waals surface area contributed by atoms with Crippen LogP contribution in [0.25, 0.3) is 0 Å². The van der Waals surface area contributed by atoms with Crippen molar-refractivity contribution in [1.82, 2.24) is 0 Å². The van der Waals surface area contributed by atoms with Crippen molar-refractivity contribution in [2.45, 2.75) is 4.90 Å². The van der Waals surface area contributed by atoms with Gasteiger partial charge in [-0.25, -0.2) is 12.8 Å². The van der Waals surface area contributed by atoms with Crippen LogP contribution in [0.15, 0.2) is 47.4 Å². The lowest BCUT2D eigenvalue weighted by Gasteiger charge is -2.11. The Morgan fingerprint density at radius 1 is 1.18 bits per heavy atom. The predicted octanol–water partition coefficient (Wildman–Crippen LogP) is 0.999. The third-order valence-electron chi connectivity index (χ3n) is 2.80. The number of aromatic carboxylic acids is 1. The predicted molar refractivity (Wildman–Crippen MR) is 74.5 cm³/mol. The minimum atomic E-state index is -4.28. The van der Waals surface area contributed by atoms with Crippen LogP contribution < -0.4 is 14.6 Å². The van der Waals surface area contributed by atoms with Crippen LogP contribution in [0.4, 0.5) is 10.1 Å². The fraction of sp³-hybridized carbons (Fsp3) is 0.0714. The van der Waals surface area contributed by atoms with Crippen LogP contribution in [0.2, 0.25) is 0 Å². The molecule has 0 unspecified atom stereocenters. The number of methoxy groups -OCH3 is 1. The van der Waals surface area contributed by atoms with E-state index in [1.165, 1.54) is 31.4 Å². The van der Waals surface area contributed by atoms with Crippen molar-refractivity contribution >= 4 is 21.7 Å². The Bertz CT molecular complexity index is 802. The lowest BCUT2D eigenvalue weighted by molar-refractivity contribution is -0.255. The smallest absolute Gasteiger partial charge is 0.264 e. The summed E-state index contributed by atoms with van der Waals surface area (Å²) >= 11 is 0. The van der Waals surface area contributed by atoms with E-state index < -0.39 is 32.3 Å². The molecule has 0 atom stereocenters. The Morgan fingerprint density at radius 3 is 2.36 bits per heavy atom. The maximum absolute atomic E-state index is 13.7. The largest absolute Gasteiger partial charge is 0.545 e. The van der Waals surface area contributed by atoms with Crippen molar-refractivity contribution in [2.24, 2.45) is 0 Å². The van der Waals surface area contributed by atoms with E-state index in [1.54, 1.807) is 0 Å². The number of hydrogen-bond acceptors (Lipinski definition) is 5. The number of carbonyl (C=O) groups is 1. The Morgan fingerprint density at radius 2 is 1.82 bits per heavy atom. The van der Waals surface area contributed by atoms with Gasteiger partial charge in [0.15, 0.2) is 0 Å². The van der Waals surface area contributed by atoms with Crippen LogP contribution >= 0.6 is 0 Å². The highest BCUT2D eigenvalue weighted by Crippen LogP contribution is 2.22. The lowest BCUT2D eigenvalue weighted by Crippen LogP contribution is -2.23. The van der Waals surface area contributed by atoms with Crippen molar-refractivity contribution in [2.75, 3.05) is 11.8 Å². The molecule has 0 amide bonds. The first-order valence-corrected chi connectivity index (χ1v) is 7.49. The van der Waals surface area contributed by atoms with E-state index in [9.17, 15) is 22.7 Å². The molecule has 116 valence electrons. The van der Waals surface area contributed by atoms with E-state index in [0.29, 0.717) is 11.8 Å². The molecule has 0 heterocycles. The molecule has 6 nitrogen and oxygen atoms in total. The quantitative estimate of drug-likeness (QED) is 0.885. The van der Waals surface area contributed by atoms with Gasteiger partial charge < -0.3 is 14.6 Å². The second-order valence-electron chi connectivity index (χ2n) is 4.27. The molecular formula is C14H11FNO5S-. The van der Waals surface area contributed by atoms with E-state index in [0.717, 1.165) is 12.1 Å². The number of anilines is 1. The lowest BCUT2D eigenvalue weighted by atomic mass is 10.2. The third kappa shape index (κ3) is 3.34. The summed E-state index contributed by atoms with van der Waals surface area (Å²) in [6.45, 7) is 0. The highest BCUT2D eigenvalue weighted by atomic mass is 32.2. The van der Waals surface area contributed by atoms with Gasteiger partial charge >= 0.3 is 0 Å². The molecule has 0 fully saturated rings. The van der Waals surface area contributed by atoms with Gasteiger partial charge in [0.05, 0.1) is 13.1 Å². The molecule has 0 aromatic heterocycles. The molecule has 8 heteroatoms. The molecule has 2 rings (SSSR count). The fourth-order valence-corrected chi connectivity index (χ4v) is 2.87. The van der Waals surface area contributed by atoms with Gasteiger partial charge in [-0.05, 0) is 42.0 Å². The maximum atomic E-state index is 13.7. The van der Waals surface area contributed by atoms with E-state index in [4.69, 9.17) is 4.74 Å². The summed E-state index contributed by atoms with van der Waals surface area (Å²) < 4.78 is 45.1. The number of ether oxygens (including phenoxy) is 1. The summed E-state index contributed by atoms with van der Waals surface area (Å²) in [5.74, 6) is -2.14. The Balaban J connectivity index is 2.37. The van der Waals surface area contributed by atoms with Gasteiger partial charge in [0.1, 0.15) is 16.5 Å². The van der Waals surface area contributed by atoms with Crippen LogP contribution in [0.3, 0.4) is 0 Å². The summed E-state index contributed by atoms with van der Waals surface area (Å²) in [7, 11) is -2.82. The van der Waals surface area contributed by atoms with Crippen molar-refractivity contribution in [3.05, 3.63) is 53.8 Å². The highest BCUT2D eigenvalue weighted by molar-refractivity contribution is 7.92. The van der Waals surface area contributed by atoms with Gasteiger partial charge in [-0.2, -0.15) is 0 Å². The van der Waals surface area contributed by atoms with Crippen LogP contribution in [0.5, 0.6) is 5.75 Å². The van der Waals surface area contributed by atoms with Gasteiger partial charge in [0.25, 0.3) is 10.0 Å². The molecule has 1 N–H and O–H groups in total. The summed E-state index contributed by atoms with van der Waals surface area (Å²) in [6, 6.07) is 8.28. The number of rotatable bonds is 5. The zero-order valence-corrected chi connectivity index (χ0v) is 12.2. The van der Waals surface area contributed by atoms with Gasteiger partial charge in [-0.1, -0.05) is 6.07 Å². The fourth-order valence-electron chi connectivity index (χ4n) is 1.71. The van der Waals surface area contributed by atoms with E-state index >= 15 is 0 Å². The van der Waals surface area contributed by atoms with Crippen molar-refractivity contribution in [3.63, 3.8) is 0 Å². The van der Waals surface area contributed by atoms with Crippen LogP contribution in [0.1, 0.15) is 10.4 Å². The molecule has 22 heavy (non-hydrogen) atoms. The van der Waals surface area contributed by atoms with E-state index in [1.807, 2.05) is 0 Å². The van der Waals surface area contributed by atoms with E-state index in [2.05, 4.69) is 4.72 Å². The first-order chi connectivity index (χ1) is 10.3. The number of carboxylic acid groups (broad SMARTS) is 1. The summed E-state index contributed by atoms with van der Waals surface area (Å²) in [6.07, 6.45) is 0. The van der Waals surface area contributed by atoms with Crippen LogP contribution in [-0.4, -0.2) is 21.5 Å². The molecule has 0 aliphatic carbocycles. The zero-order chi connectivity index (χ0) is 16.3. The monoisotopic (exact) mass is 324 g/mol. The molecule has 0 saturated heterocycles. The molecule has 0 aliphatic rings. The average molecular weight is 324 g/mol. The third-order valence-corrected chi connectivity index (χ3v) is 4.19. The second-order valence-corrected chi connectivity index (χ2v) is 5.92. The molecule has 0 radical (unpaired) electrons. The number of nitrogens with one attached hydrogen (secondary N) is 1. The molecule has 0 spiro atoms.